The first-order valence-corrected chi connectivity index (χ1v) is 12.1. The second-order valence-corrected chi connectivity index (χ2v) is 10.8. The summed E-state index contributed by atoms with van der Waals surface area (Å²) in [6.45, 7) is 9.61. The van der Waals surface area contributed by atoms with Crippen LogP contribution in [0, 0.1) is 0 Å². The highest BCUT2D eigenvalue weighted by atomic mass is 32.1. The van der Waals surface area contributed by atoms with Crippen LogP contribution in [0.4, 0.5) is 5.69 Å². The highest BCUT2D eigenvalue weighted by molar-refractivity contribution is 7.14. The zero-order chi connectivity index (χ0) is 22.0. The first kappa shape index (κ1) is 22.1. The van der Waals surface area contributed by atoms with Crippen LogP contribution in [0.15, 0.2) is 24.5 Å². The number of hydrogen-bond acceptors (Lipinski definition) is 6. The summed E-state index contributed by atoms with van der Waals surface area (Å²) in [6, 6.07) is 4.36. The van der Waals surface area contributed by atoms with E-state index in [0.29, 0.717) is 4.88 Å². The molecule has 1 aliphatic carbocycles. The van der Waals surface area contributed by atoms with Gasteiger partial charge in [0.05, 0.1) is 18.0 Å². The van der Waals surface area contributed by atoms with Gasteiger partial charge in [-0.15, -0.1) is 11.3 Å². The van der Waals surface area contributed by atoms with Gasteiger partial charge in [-0.3, -0.25) is 9.88 Å². The fraction of sp³-hybridized carbons (Fsp3) is 0.583. The fourth-order valence-corrected chi connectivity index (χ4v) is 5.20. The number of thiophene rings is 1. The Labute approximate surface area is 188 Å². The van der Waals surface area contributed by atoms with Crippen molar-refractivity contribution in [2.45, 2.75) is 77.0 Å². The smallest absolute Gasteiger partial charge is 0.348 e. The van der Waals surface area contributed by atoms with Gasteiger partial charge in [0, 0.05) is 29.2 Å². The molecule has 0 amide bonds. The predicted octanol–water partition coefficient (Wildman–Crippen LogP) is 5.15. The van der Waals surface area contributed by atoms with E-state index in [4.69, 9.17) is 4.74 Å². The number of aromatic carboxylic acids is 1. The molecule has 168 valence electrons. The molecule has 2 N–H and O–H groups in total. The van der Waals surface area contributed by atoms with E-state index < -0.39 is 5.97 Å². The maximum Gasteiger partial charge on any atom is 0.348 e. The molecular weight excluding hydrogens is 410 g/mol. The largest absolute Gasteiger partial charge is 0.488 e. The van der Waals surface area contributed by atoms with Crippen LogP contribution < -0.4 is 10.1 Å². The molecule has 2 aromatic rings. The topological polar surface area (TPSA) is 74.7 Å². The summed E-state index contributed by atoms with van der Waals surface area (Å²) in [5, 5.41) is 13.1. The minimum Gasteiger partial charge on any atom is -0.488 e. The monoisotopic (exact) mass is 443 g/mol. The van der Waals surface area contributed by atoms with Gasteiger partial charge in [0.2, 0.25) is 0 Å². The summed E-state index contributed by atoms with van der Waals surface area (Å²) in [6.07, 6.45) is 8.99. The normalized spacial score (nSPS) is 22.0. The van der Waals surface area contributed by atoms with Crippen LogP contribution >= 0.6 is 11.3 Å². The van der Waals surface area contributed by atoms with Crippen LogP contribution in [-0.2, 0) is 12.0 Å². The molecule has 0 radical (unpaired) electrons. The summed E-state index contributed by atoms with van der Waals surface area (Å²) in [5.74, 6) is 0.0537. The molecule has 2 aliphatic rings. The second kappa shape index (κ2) is 9.17. The van der Waals surface area contributed by atoms with Gasteiger partial charge in [-0.1, -0.05) is 20.8 Å². The third-order valence-corrected chi connectivity index (χ3v) is 7.75. The van der Waals surface area contributed by atoms with Crippen LogP contribution in [0.5, 0.6) is 5.75 Å². The van der Waals surface area contributed by atoms with Crippen molar-refractivity contribution >= 4 is 23.0 Å². The Morgan fingerprint density at radius 1 is 1.29 bits per heavy atom. The molecule has 0 unspecified atom stereocenters. The molecule has 3 heterocycles. The van der Waals surface area contributed by atoms with Crippen molar-refractivity contribution in [1.29, 1.82) is 0 Å². The molecule has 1 aliphatic heterocycles. The molecule has 31 heavy (non-hydrogen) atoms. The van der Waals surface area contributed by atoms with Crippen LogP contribution in [0.3, 0.4) is 0 Å². The van der Waals surface area contributed by atoms with Gasteiger partial charge in [0.15, 0.2) is 0 Å². The molecule has 0 bridgehead atoms. The highest BCUT2D eigenvalue weighted by Crippen LogP contribution is 2.37. The summed E-state index contributed by atoms with van der Waals surface area (Å²) < 4.78 is 6.36. The molecule has 2 fully saturated rings. The Hall–Kier alpha value is -2.12. The van der Waals surface area contributed by atoms with Gasteiger partial charge in [0.1, 0.15) is 10.6 Å². The maximum atomic E-state index is 11.7. The van der Waals surface area contributed by atoms with Gasteiger partial charge >= 0.3 is 5.97 Å². The molecule has 4 rings (SSSR count). The molecule has 0 spiro atoms. The lowest BCUT2D eigenvalue weighted by Gasteiger charge is -2.33. The first-order chi connectivity index (χ1) is 14.8. The summed E-state index contributed by atoms with van der Waals surface area (Å²) in [7, 11) is 0. The number of carboxylic acid groups (broad SMARTS) is 1. The van der Waals surface area contributed by atoms with E-state index in [-0.39, 0.29) is 17.6 Å². The van der Waals surface area contributed by atoms with E-state index in [9.17, 15) is 9.90 Å². The number of likely N-dealkylation sites (tertiary alicyclic amines) is 1. The molecule has 7 heteroatoms. The number of ether oxygens (including phenoxy) is 1. The zero-order valence-electron chi connectivity index (χ0n) is 18.7. The fourth-order valence-electron chi connectivity index (χ4n) is 4.18. The molecule has 0 aromatic carbocycles. The Kier molecular flexibility index (Phi) is 6.53. The average Bonchev–Trinajstić information content (AvgIpc) is 3.12. The van der Waals surface area contributed by atoms with E-state index in [0.717, 1.165) is 61.6 Å². The van der Waals surface area contributed by atoms with Gasteiger partial charge in [-0.05, 0) is 62.7 Å². The van der Waals surface area contributed by atoms with Crippen LogP contribution in [0.2, 0.25) is 0 Å². The predicted molar refractivity (Wildman–Crippen MR) is 124 cm³/mol. The van der Waals surface area contributed by atoms with Crippen molar-refractivity contribution in [3.05, 3.63) is 39.8 Å². The number of rotatable bonds is 7. The SMILES string of the molecule is CC(C)(C)c1cc(NC2CCC(Oc3cnccc3CN3CCC3)CC2)c(C(=O)O)s1. The Morgan fingerprint density at radius 3 is 2.65 bits per heavy atom. The van der Waals surface area contributed by atoms with Gasteiger partial charge in [-0.25, -0.2) is 4.79 Å². The molecule has 1 saturated carbocycles. The Balaban J connectivity index is 1.35. The number of hydrogen-bond donors (Lipinski definition) is 2. The number of nitrogens with zero attached hydrogens (tertiary/aromatic N) is 2. The molecular formula is C24H33N3O3S. The van der Waals surface area contributed by atoms with Crippen LogP contribution in [0.25, 0.3) is 0 Å². The number of anilines is 1. The number of carbonyl (C=O) groups is 1. The minimum absolute atomic E-state index is 0.0578. The third kappa shape index (κ3) is 5.39. The number of pyridine rings is 1. The summed E-state index contributed by atoms with van der Waals surface area (Å²) in [4.78, 5) is 19.9. The van der Waals surface area contributed by atoms with E-state index in [1.54, 1.807) is 0 Å². The summed E-state index contributed by atoms with van der Waals surface area (Å²) >= 11 is 1.38. The Morgan fingerprint density at radius 2 is 2.03 bits per heavy atom. The molecule has 6 nitrogen and oxygen atoms in total. The van der Waals surface area contributed by atoms with Gasteiger partial charge in [0.25, 0.3) is 0 Å². The minimum atomic E-state index is -0.855. The van der Waals surface area contributed by atoms with E-state index in [1.807, 2.05) is 18.5 Å². The van der Waals surface area contributed by atoms with Crippen molar-refractivity contribution in [2.24, 2.45) is 0 Å². The van der Waals surface area contributed by atoms with E-state index in [1.165, 1.54) is 23.3 Å². The number of nitrogens with one attached hydrogen (secondary N) is 1. The van der Waals surface area contributed by atoms with Gasteiger partial charge < -0.3 is 15.2 Å². The maximum absolute atomic E-state index is 11.7. The lowest BCUT2D eigenvalue weighted by Crippen LogP contribution is -2.36. The molecule has 1 saturated heterocycles. The number of aromatic nitrogens is 1. The molecule has 2 aromatic heterocycles. The average molecular weight is 444 g/mol. The van der Waals surface area contributed by atoms with Crippen LogP contribution in [0.1, 0.15) is 73.0 Å². The van der Waals surface area contributed by atoms with Crippen molar-refractivity contribution < 1.29 is 14.6 Å². The number of carboxylic acids is 1. The van der Waals surface area contributed by atoms with Crippen molar-refractivity contribution in [3.63, 3.8) is 0 Å². The zero-order valence-corrected chi connectivity index (χ0v) is 19.5. The quantitative estimate of drug-likeness (QED) is 0.617. The van der Waals surface area contributed by atoms with Crippen molar-refractivity contribution in [1.82, 2.24) is 9.88 Å². The van der Waals surface area contributed by atoms with Crippen molar-refractivity contribution in [3.8, 4) is 5.75 Å². The molecule has 0 atom stereocenters. The second-order valence-electron chi connectivity index (χ2n) is 9.76. The van der Waals surface area contributed by atoms with Crippen LogP contribution in [-0.4, -0.2) is 46.2 Å². The van der Waals surface area contributed by atoms with E-state index >= 15 is 0 Å². The first-order valence-electron chi connectivity index (χ1n) is 11.3. The summed E-state index contributed by atoms with van der Waals surface area (Å²) in [5.41, 5.74) is 1.92. The van der Waals surface area contributed by atoms with Crippen molar-refractivity contribution in [2.75, 3.05) is 18.4 Å². The lowest BCUT2D eigenvalue weighted by atomic mass is 9.92. The Bertz CT molecular complexity index is 909. The van der Waals surface area contributed by atoms with Gasteiger partial charge in [-0.2, -0.15) is 0 Å². The van der Waals surface area contributed by atoms with E-state index in [2.05, 4.69) is 42.0 Å². The standard InChI is InChI=1S/C24H33N3O3S/c1-24(2,3)21-13-19(22(31-21)23(28)29)26-17-5-7-18(8-6-17)30-20-14-25-10-9-16(20)15-27-11-4-12-27/h9-10,13-14,17-18,26H,4-8,11-12,15H2,1-3H3,(H,28,29). The highest BCUT2D eigenvalue weighted by Gasteiger charge is 2.27. The lowest BCUT2D eigenvalue weighted by molar-refractivity contribution is 0.0703. The third-order valence-electron chi connectivity index (χ3n) is 6.21.